The van der Waals surface area contributed by atoms with Gasteiger partial charge >= 0.3 is 0 Å². The molecule has 21 heavy (non-hydrogen) atoms. The van der Waals surface area contributed by atoms with Gasteiger partial charge in [0.15, 0.2) is 0 Å². The lowest BCUT2D eigenvalue weighted by atomic mass is 10.1. The van der Waals surface area contributed by atoms with Gasteiger partial charge in [-0.05, 0) is 36.2 Å². The molecule has 0 saturated heterocycles. The highest BCUT2D eigenvalue weighted by atomic mass is 35.5. The van der Waals surface area contributed by atoms with E-state index in [1.165, 1.54) is 17.7 Å². The quantitative estimate of drug-likeness (QED) is 0.648. The second kappa shape index (κ2) is 5.86. The third kappa shape index (κ3) is 2.66. The highest BCUT2D eigenvalue weighted by Crippen LogP contribution is 2.24. The summed E-state index contributed by atoms with van der Waals surface area (Å²) in [5.74, 6) is 1.09. The van der Waals surface area contributed by atoms with Gasteiger partial charge in [-0.25, -0.2) is 9.37 Å². The molecule has 0 amide bonds. The average Bonchev–Trinajstić information content (AvgIpc) is 2.85. The van der Waals surface area contributed by atoms with E-state index < -0.39 is 0 Å². The molecule has 4 heteroatoms. The van der Waals surface area contributed by atoms with Crippen molar-refractivity contribution in [3.63, 3.8) is 0 Å². The van der Waals surface area contributed by atoms with Crippen LogP contribution in [0.1, 0.15) is 18.3 Å². The van der Waals surface area contributed by atoms with Crippen LogP contribution in [0.15, 0.2) is 42.5 Å². The van der Waals surface area contributed by atoms with Crippen LogP contribution >= 0.6 is 11.6 Å². The predicted octanol–water partition coefficient (Wildman–Crippen LogP) is 4.51. The monoisotopic (exact) mass is 302 g/mol. The Balaban J connectivity index is 2.26. The van der Waals surface area contributed by atoms with Crippen molar-refractivity contribution in [3.05, 3.63) is 59.7 Å². The van der Waals surface area contributed by atoms with E-state index in [0.717, 1.165) is 29.0 Å². The molecule has 0 fully saturated rings. The van der Waals surface area contributed by atoms with Gasteiger partial charge in [0.1, 0.15) is 11.6 Å². The van der Waals surface area contributed by atoms with E-state index in [-0.39, 0.29) is 5.82 Å². The fourth-order valence-corrected chi connectivity index (χ4v) is 2.72. The Morgan fingerprint density at radius 2 is 2.05 bits per heavy atom. The molecular formula is C17H16ClFN2. The van der Waals surface area contributed by atoms with Crippen molar-refractivity contribution in [3.8, 4) is 5.69 Å². The smallest absolute Gasteiger partial charge is 0.125 e. The second-order valence-corrected chi connectivity index (χ2v) is 5.34. The van der Waals surface area contributed by atoms with Crippen LogP contribution in [-0.4, -0.2) is 15.4 Å². The van der Waals surface area contributed by atoms with E-state index in [0.29, 0.717) is 12.3 Å². The molecule has 108 valence electrons. The number of hydrogen-bond acceptors (Lipinski definition) is 1. The van der Waals surface area contributed by atoms with Crippen molar-refractivity contribution in [1.29, 1.82) is 0 Å². The minimum absolute atomic E-state index is 0.257. The zero-order valence-electron chi connectivity index (χ0n) is 11.8. The Morgan fingerprint density at radius 1 is 1.19 bits per heavy atom. The van der Waals surface area contributed by atoms with Gasteiger partial charge in [-0.2, -0.15) is 0 Å². The summed E-state index contributed by atoms with van der Waals surface area (Å²) in [6, 6.07) is 12.9. The number of aryl methyl sites for hydroxylation is 2. The summed E-state index contributed by atoms with van der Waals surface area (Å²) in [4.78, 5) is 4.59. The highest BCUT2D eigenvalue weighted by molar-refractivity contribution is 6.17. The molecule has 0 aliphatic heterocycles. The Labute approximate surface area is 128 Å². The van der Waals surface area contributed by atoms with Crippen LogP contribution in [-0.2, 0) is 12.8 Å². The zero-order valence-corrected chi connectivity index (χ0v) is 12.6. The van der Waals surface area contributed by atoms with Crippen molar-refractivity contribution in [2.24, 2.45) is 0 Å². The fourth-order valence-electron chi connectivity index (χ4n) is 2.55. The van der Waals surface area contributed by atoms with Gasteiger partial charge in [-0.1, -0.05) is 19.1 Å². The first-order valence-electron chi connectivity index (χ1n) is 7.05. The van der Waals surface area contributed by atoms with Crippen molar-refractivity contribution in [2.45, 2.75) is 19.8 Å². The minimum Gasteiger partial charge on any atom is -0.296 e. The number of benzene rings is 2. The Bertz CT molecular complexity index is 780. The van der Waals surface area contributed by atoms with Crippen LogP contribution in [0, 0.1) is 5.82 Å². The van der Waals surface area contributed by atoms with Gasteiger partial charge in [0.25, 0.3) is 0 Å². The molecular weight excluding hydrogens is 287 g/mol. The van der Waals surface area contributed by atoms with E-state index in [4.69, 9.17) is 11.6 Å². The molecule has 3 rings (SSSR count). The van der Waals surface area contributed by atoms with Gasteiger partial charge < -0.3 is 0 Å². The van der Waals surface area contributed by atoms with Gasteiger partial charge in [0.05, 0.1) is 11.0 Å². The largest absolute Gasteiger partial charge is 0.296 e. The molecule has 2 nitrogen and oxygen atoms in total. The lowest BCUT2D eigenvalue weighted by Crippen LogP contribution is -2.02. The number of nitrogens with zero attached hydrogens (tertiary/aromatic N) is 2. The molecule has 0 atom stereocenters. The molecule has 2 aromatic carbocycles. The second-order valence-electron chi connectivity index (χ2n) is 4.96. The summed E-state index contributed by atoms with van der Waals surface area (Å²) in [5.41, 5.74) is 3.81. The summed E-state index contributed by atoms with van der Waals surface area (Å²) in [5, 5.41) is 0. The number of halogens is 2. The SMILES string of the molecule is CCc1cccc(-n2c(CCCl)nc3ccc(F)cc32)c1. The van der Waals surface area contributed by atoms with Crippen LogP contribution in [0.5, 0.6) is 0 Å². The predicted molar refractivity (Wildman–Crippen MR) is 84.8 cm³/mol. The summed E-state index contributed by atoms with van der Waals surface area (Å²) >= 11 is 5.89. The molecule has 0 N–H and O–H groups in total. The normalized spacial score (nSPS) is 11.2. The number of alkyl halides is 1. The average molecular weight is 303 g/mol. The van der Waals surface area contributed by atoms with Crippen LogP contribution in [0.2, 0.25) is 0 Å². The molecule has 0 radical (unpaired) electrons. The highest BCUT2D eigenvalue weighted by Gasteiger charge is 2.13. The van der Waals surface area contributed by atoms with Crippen LogP contribution < -0.4 is 0 Å². The molecule has 0 spiro atoms. The molecule has 0 aliphatic carbocycles. The van der Waals surface area contributed by atoms with Crippen molar-refractivity contribution in [2.75, 3.05) is 5.88 Å². The maximum atomic E-state index is 13.6. The van der Waals surface area contributed by atoms with E-state index in [2.05, 4.69) is 24.0 Å². The van der Waals surface area contributed by atoms with Crippen molar-refractivity contribution < 1.29 is 4.39 Å². The zero-order chi connectivity index (χ0) is 14.8. The molecule has 0 unspecified atom stereocenters. The third-order valence-electron chi connectivity index (χ3n) is 3.58. The van der Waals surface area contributed by atoms with E-state index in [1.807, 2.05) is 16.7 Å². The lowest BCUT2D eigenvalue weighted by molar-refractivity contribution is 0.629. The molecule has 1 aromatic heterocycles. The lowest BCUT2D eigenvalue weighted by Gasteiger charge is -2.10. The Hall–Kier alpha value is -1.87. The van der Waals surface area contributed by atoms with E-state index in [1.54, 1.807) is 6.07 Å². The Morgan fingerprint density at radius 3 is 2.81 bits per heavy atom. The first-order chi connectivity index (χ1) is 10.2. The van der Waals surface area contributed by atoms with Crippen molar-refractivity contribution >= 4 is 22.6 Å². The van der Waals surface area contributed by atoms with Crippen LogP contribution in [0.3, 0.4) is 0 Å². The van der Waals surface area contributed by atoms with Gasteiger partial charge in [-0.15, -0.1) is 11.6 Å². The Kier molecular flexibility index (Phi) is 3.93. The third-order valence-corrected chi connectivity index (χ3v) is 3.77. The van der Waals surface area contributed by atoms with Crippen molar-refractivity contribution in [1.82, 2.24) is 9.55 Å². The summed E-state index contributed by atoms with van der Waals surface area (Å²) in [6.07, 6.45) is 1.61. The topological polar surface area (TPSA) is 17.8 Å². The number of fused-ring (bicyclic) bond motifs is 1. The molecule has 0 bridgehead atoms. The molecule has 1 heterocycles. The number of rotatable bonds is 4. The molecule has 0 aliphatic rings. The standard InChI is InChI=1S/C17H16ClFN2/c1-2-12-4-3-5-14(10-12)21-16-11-13(19)6-7-15(16)20-17(21)8-9-18/h3-7,10-11H,2,8-9H2,1H3. The number of imidazole rings is 1. The first-order valence-corrected chi connectivity index (χ1v) is 7.58. The number of hydrogen-bond donors (Lipinski definition) is 0. The van der Waals surface area contributed by atoms with Crippen LogP contribution in [0.25, 0.3) is 16.7 Å². The molecule has 0 saturated carbocycles. The maximum absolute atomic E-state index is 13.6. The van der Waals surface area contributed by atoms with Gasteiger partial charge in [-0.3, -0.25) is 4.57 Å². The summed E-state index contributed by atoms with van der Waals surface area (Å²) in [7, 11) is 0. The van der Waals surface area contributed by atoms with Crippen LogP contribution in [0.4, 0.5) is 4.39 Å². The summed E-state index contributed by atoms with van der Waals surface area (Å²) < 4.78 is 15.6. The van der Waals surface area contributed by atoms with Gasteiger partial charge in [0, 0.05) is 24.1 Å². The fraction of sp³-hybridized carbons (Fsp3) is 0.235. The van der Waals surface area contributed by atoms with E-state index >= 15 is 0 Å². The van der Waals surface area contributed by atoms with Gasteiger partial charge in [0.2, 0.25) is 0 Å². The first kappa shape index (κ1) is 14.1. The number of aromatic nitrogens is 2. The van der Waals surface area contributed by atoms with E-state index in [9.17, 15) is 4.39 Å². The minimum atomic E-state index is -0.257. The molecule has 3 aromatic rings. The summed E-state index contributed by atoms with van der Waals surface area (Å²) in [6.45, 7) is 2.12. The maximum Gasteiger partial charge on any atom is 0.125 e.